The molecule has 8 nitrogen and oxygen atoms in total. The maximum atomic E-state index is 12.6. The summed E-state index contributed by atoms with van der Waals surface area (Å²) in [5.41, 5.74) is 7.93. The number of aromatic nitrogens is 6. The first-order valence-electron chi connectivity index (χ1n) is 13.5. The number of rotatable bonds is 8. The number of carbonyl (C=O) groups excluding carboxylic acids is 1. The van der Waals surface area contributed by atoms with Gasteiger partial charge in [0, 0.05) is 47.1 Å². The molecule has 0 aliphatic carbocycles. The number of aromatic amines is 2. The number of nitrogens with one attached hydrogen (secondary N) is 3. The number of amides is 1. The highest BCUT2D eigenvalue weighted by atomic mass is 16.1. The number of imidazole rings is 1. The van der Waals surface area contributed by atoms with Crippen LogP contribution in [0.4, 0.5) is 5.69 Å². The van der Waals surface area contributed by atoms with Gasteiger partial charge in [0.05, 0.1) is 28.4 Å². The Labute approximate surface area is 237 Å². The summed E-state index contributed by atoms with van der Waals surface area (Å²) in [6.07, 6.45) is 15.4. The summed E-state index contributed by atoms with van der Waals surface area (Å²) >= 11 is 0. The molecule has 0 aliphatic rings. The lowest BCUT2D eigenvalue weighted by atomic mass is 10.0. The minimum atomic E-state index is -0.0512. The SMILES string of the molecule is C/C=C\C=C/[C@H](C)CC(=O)Nc1cncc(-c2ccc3[nH]nc(-c4nc5c(-c6cccnc6)cccc5[nH]4)c3c2)c1. The fourth-order valence-electron chi connectivity index (χ4n) is 4.88. The molecule has 0 radical (unpaired) electrons. The summed E-state index contributed by atoms with van der Waals surface area (Å²) in [7, 11) is 0. The second kappa shape index (κ2) is 11.4. The molecular formula is C33H29N7O. The van der Waals surface area contributed by atoms with Crippen molar-refractivity contribution >= 4 is 33.5 Å². The van der Waals surface area contributed by atoms with Gasteiger partial charge in [0.2, 0.25) is 5.91 Å². The van der Waals surface area contributed by atoms with E-state index < -0.39 is 0 Å². The third-order valence-electron chi connectivity index (χ3n) is 6.88. The van der Waals surface area contributed by atoms with Crippen LogP contribution in [-0.4, -0.2) is 36.0 Å². The number of carbonyl (C=O) groups is 1. The number of fused-ring (bicyclic) bond motifs is 2. The molecule has 202 valence electrons. The highest BCUT2D eigenvalue weighted by Crippen LogP contribution is 2.33. The van der Waals surface area contributed by atoms with Crippen molar-refractivity contribution in [1.82, 2.24) is 30.1 Å². The number of H-pyrrole nitrogens is 2. The first-order valence-corrected chi connectivity index (χ1v) is 13.5. The van der Waals surface area contributed by atoms with Gasteiger partial charge in [0.1, 0.15) is 5.69 Å². The smallest absolute Gasteiger partial charge is 0.224 e. The second-order valence-electron chi connectivity index (χ2n) is 9.96. The lowest BCUT2D eigenvalue weighted by molar-refractivity contribution is -0.116. The summed E-state index contributed by atoms with van der Waals surface area (Å²) in [6, 6.07) is 18.0. The van der Waals surface area contributed by atoms with Crippen molar-refractivity contribution in [2.75, 3.05) is 5.32 Å². The van der Waals surface area contributed by atoms with E-state index in [1.54, 1.807) is 18.6 Å². The predicted octanol–water partition coefficient (Wildman–Crippen LogP) is 7.33. The van der Waals surface area contributed by atoms with E-state index in [0.717, 1.165) is 49.9 Å². The first kappa shape index (κ1) is 25.9. The molecule has 0 spiro atoms. The van der Waals surface area contributed by atoms with Crippen molar-refractivity contribution < 1.29 is 4.79 Å². The summed E-state index contributed by atoms with van der Waals surface area (Å²) in [4.78, 5) is 29.6. The number of nitrogens with zero attached hydrogens (tertiary/aromatic N) is 4. The van der Waals surface area contributed by atoms with Gasteiger partial charge < -0.3 is 10.3 Å². The van der Waals surface area contributed by atoms with Crippen LogP contribution in [0.1, 0.15) is 20.3 Å². The summed E-state index contributed by atoms with van der Waals surface area (Å²) in [6.45, 7) is 3.99. The molecule has 3 N–H and O–H groups in total. The number of hydrogen-bond donors (Lipinski definition) is 3. The average Bonchev–Trinajstić information content (AvgIpc) is 3.61. The molecule has 0 aliphatic heterocycles. The lowest BCUT2D eigenvalue weighted by Crippen LogP contribution is -2.14. The fourth-order valence-corrected chi connectivity index (χ4v) is 4.88. The van der Waals surface area contributed by atoms with E-state index in [1.807, 2.05) is 92.9 Å². The zero-order valence-electron chi connectivity index (χ0n) is 22.8. The third kappa shape index (κ3) is 5.53. The van der Waals surface area contributed by atoms with Crippen molar-refractivity contribution in [3.8, 4) is 33.8 Å². The molecule has 6 aromatic rings. The van der Waals surface area contributed by atoms with E-state index in [0.29, 0.717) is 17.9 Å². The average molecular weight is 540 g/mol. The van der Waals surface area contributed by atoms with Crippen molar-refractivity contribution in [3.05, 3.63) is 104 Å². The van der Waals surface area contributed by atoms with Crippen LogP contribution in [0.2, 0.25) is 0 Å². The van der Waals surface area contributed by atoms with Gasteiger partial charge in [-0.15, -0.1) is 0 Å². The van der Waals surface area contributed by atoms with Crippen LogP contribution in [0.15, 0.2) is 104 Å². The molecule has 2 aromatic carbocycles. The maximum Gasteiger partial charge on any atom is 0.224 e. The Morgan fingerprint density at radius 2 is 1.85 bits per heavy atom. The normalized spacial score (nSPS) is 12.5. The number of pyridine rings is 2. The number of benzene rings is 2. The fraction of sp³-hybridized carbons (Fsp3) is 0.121. The van der Waals surface area contributed by atoms with Gasteiger partial charge >= 0.3 is 0 Å². The van der Waals surface area contributed by atoms with E-state index >= 15 is 0 Å². The van der Waals surface area contributed by atoms with E-state index in [9.17, 15) is 4.79 Å². The Morgan fingerprint density at radius 3 is 2.71 bits per heavy atom. The lowest BCUT2D eigenvalue weighted by Gasteiger charge is -2.09. The van der Waals surface area contributed by atoms with Crippen LogP contribution in [0, 0.1) is 5.92 Å². The number of para-hydroxylation sites is 1. The van der Waals surface area contributed by atoms with Gasteiger partial charge in [-0.2, -0.15) is 5.10 Å². The molecule has 6 rings (SSSR count). The first-order chi connectivity index (χ1) is 20.1. The van der Waals surface area contributed by atoms with E-state index in [2.05, 4.69) is 36.5 Å². The van der Waals surface area contributed by atoms with Gasteiger partial charge in [0.15, 0.2) is 5.82 Å². The van der Waals surface area contributed by atoms with Gasteiger partial charge in [-0.1, -0.05) is 55.5 Å². The summed E-state index contributed by atoms with van der Waals surface area (Å²) in [5.74, 6) is 0.754. The van der Waals surface area contributed by atoms with Gasteiger partial charge in [0.25, 0.3) is 0 Å². The molecule has 1 atom stereocenters. The topological polar surface area (TPSA) is 112 Å². The minimum absolute atomic E-state index is 0.0512. The van der Waals surface area contributed by atoms with E-state index in [1.165, 1.54) is 0 Å². The molecule has 0 saturated heterocycles. The molecule has 0 bridgehead atoms. The Morgan fingerprint density at radius 1 is 0.951 bits per heavy atom. The van der Waals surface area contributed by atoms with Gasteiger partial charge in [-0.25, -0.2) is 4.98 Å². The molecule has 0 fully saturated rings. The second-order valence-corrected chi connectivity index (χ2v) is 9.96. The van der Waals surface area contributed by atoms with Gasteiger partial charge in [-0.05, 0) is 48.7 Å². The van der Waals surface area contributed by atoms with Crippen molar-refractivity contribution in [3.63, 3.8) is 0 Å². The van der Waals surface area contributed by atoms with Crippen LogP contribution >= 0.6 is 0 Å². The molecule has 4 aromatic heterocycles. The summed E-state index contributed by atoms with van der Waals surface area (Å²) < 4.78 is 0. The van der Waals surface area contributed by atoms with Gasteiger partial charge in [-0.3, -0.25) is 19.9 Å². The van der Waals surface area contributed by atoms with Crippen LogP contribution in [-0.2, 0) is 4.79 Å². The Balaban J connectivity index is 1.29. The highest BCUT2D eigenvalue weighted by Gasteiger charge is 2.16. The molecule has 4 heterocycles. The standard InChI is InChI=1S/C33H29N7O/c1-3-4-5-8-21(2)15-30(41)36-25-16-24(19-35-20-25)22-12-13-28-27(17-22)32(40-39-28)33-37-29-11-6-10-26(31(29)38-33)23-9-7-14-34-18-23/h3-14,16-21H,15H2,1-2H3,(H,36,41)(H,37,38)(H,39,40)/b4-3-,8-5-/t21-/m0/s1. The van der Waals surface area contributed by atoms with Crippen molar-refractivity contribution in [1.29, 1.82) is 0 Å². The van der Waals surface area contributed by atoms with E-state index in [-0.39, 0.29) is 11.8 Å². The zero-order chi connectivity index (χ0) is 28.2. The minimum Gasteiger partial charge on any atom is -0.337 e. The number of allylic oxidation sites excluding steroid dienone is 4. The van der Waals surface area contributed by atoms with Crippen LogP contribution < -0.4 is 5.32 Å². The predicted molar refractivity (Wildman–Crippen MR) is 164 cm³/mol. The molecule has 0 unspecified atom stereocenters. The largest absolute Gasteiger partial charge is 0.337 e. The maximum absolute atomic E-state index is 12.6. The Kier molecular flexibility index (Phi) is 7.19. The number of hydrogen-bond acceptors (Lipinski definition) is 5. The number of anilines is 1. The van der Waals surface area contributed by atoms with Crippen LogP contribution in [0.5, 0.6) is 0 Å². The van der Waals surface area contributed by atoms with E-state index in [4.69, 9.17) is 4.98 Å². The molecule has 41 heavy (non-hydrogen) atoms. The van der Waals surface area contributed by atoms with Crippen LogP contribution in [0.25, 0.3) is 55.7 Å². The molecule has 0 saturated carbocycles. The molecule has 1 amide bonds. The van der Waals surface area contributed by atoms with Crippen molar-refractivity contribution in [2.24, 2.45) is 5.92 Å². The van der Waals surface area contributed by atoms with Crippen LogP contribution in [0.3, 0.4) is 0 Å². The Bertz CT molecular complexity index is 1900. The highest BCUT2D eigenvalue weighted by molar-refractivity contribution is 5.98. The molecular weight excluding hydrogens is 510 g/mol. The quantitative estimate of drug-likeness (QED) is 0.175. The monoisotopic (exact) mass is 539 g/mol. The van der Waals surface area contributed by atoms with Crippen molar-refractivity contribution in [2.45, 2.75) is 20.3 Å². The third-order valence-corrected chi connectivity index (χ3v) is 6.88. The Hall–Kier alpha value is -5.37. The molecule has 8 heteroatoms. The summed E-state index contributed by atoms with van der Waals surface area (Å²) in [5, 5.41) is 11.6. The zero-order valence-corrected chi connectivity index (χ0v) is 22.8.